The van der Waals surface area contributed by atoms with E-state index in [0.29, 0.717) is 12.0 Å². The lowest BCUT2D eigenvalue weighted by atomic mass is 10.0. The van der Waals surface area contributed by atoms with E-state index in [9.17, 15) is 22.8 Å². The maximum Gasteiger partial charge on any atom is 0.251 e. The molecule has 2 amide bonds. The summed E-state index contributed by atoms with van der Waals surface area (Å²) in [6.07, 6.45) is 2.72. The van der Waals surface area contributed by atoms with Crippen molar-refractivity contribution in [1.82, 2.24) is 15.5 Å². The van der Waals surface area contributed by atoms with Gasteiger partial charge in [0.2, 0.25) is 5.91 Å². The van der Waals surface area contributed by atoms with Crippen molar-refractivity contribution in [2.45, 2.75) is 67.9 Å². The van der Waals surface area contributed by atoms with E-state index in [2.05, 4.69) is 15.5 Å². The van der Waals surface area contributed by atoms with Gasteiger partial charge in [-0.2, -0.15) is 0 Å². The first-order chi connectivity index (χ1) is 18.7. The predicted molar refractivity (Wildman–Crippen MR) is 148 cm³/mol. The number of likely N-dealkylation sites (tertiary alicyclic amines) is 1. The smallest absolute Gasteiger partial charge is 0.251 e. The number of ketones is 1. The number of benzene rings is 2. The molecule has 3 heterocycles. The molecular weight excluding hydrogens is 516 g/mol. The highest BCUT2D eigenvalue weighted by Gasteiger charge is 2.55. The Hall–Kier alpha value is -3.24. The summed E-state index contributed by atoms with van der Waals surface area (Å²) in [5.41, 5.74) is 1.48. The van der Waals surface area contributed by atoms with E-state index >= 15 is 0 Å². The third-order valence-corrected chi connectivity index (χ3v) is 9.98. The van der Waals surface area contributed by atoms with Crippen LogP contribution in [0.1, 0.15) is 49.9 Å². The van der Waals surface area contributed by atoms with Gasteiger partial charge >= 0.3 is 0 Å². The van der Waals surface area contributed by atoms with Crippen LogP contribution in [0.15, 0.2) is 59.5 Å². The van der Waals surface area contributed by atoms with Gasteiger partial charge in [0.05, 0.1) is 11.4 Å². The van der Waals surface area contributed by atoms with Crippen LogP contribution in [-0.4, -0.2) is 74.0 Å². The van der Waals surface area contributed by atoms with E-state index in [4.69, 9.17) is 0 Å². The summed E-state index contributed by atoms with van der Waals surface area (Å²) >= 11 is 0. The van der Waals surface area contributed by atoms with Crippen LogP contribution in [0.2, 0.25) is 0 Å². The summed E-state index contributed by atoms with van der Waals surface area (Å²) < 4.78 is 27.4. The number of anilines is 1. The van der Waals surface area contributed by atoms with Crippen molar-refractivity contribution in [3.05, 3.63) is 60.2 Å². The number of fused-ring (bicyclic) bond motifs is 1. The number of carbonyl (C=O) groups is 3. The molecule has 10 heteroatoms. The van der Waals surface area contributed by atoms with Crippen molar-refractivity contribution in [3.8, 4) is 0 Å². The average molecular weight is 553 g/mol. The minimum absolute atomic E-state index is 0.0387. The van der Waals surface area contributed by atoms with Crippen LogP contribution < -0.4 is 15.5 Å². The van der Waals surface area contributed by atoms with Gasteiger partial charge in [0.25, 0.3) is 5.91 Å². The van der Waals surface area contributed by atoms with Gasteiger partial charge < -0.3 is 20.4 Å². The predicted octanol–water partition coefficient (Wildman–Crippen LogP) is 2.37. The van der Waals surface area contributed by atoms with Crippen molar-refractivity contribution in [1.29, 1.82) is 0 Å². The molecule has 0 saturated carbocycles. The lowest BCUT2D eigenvalue weighted by Gasteiger charge is -2.32. The first-order valence-electron chi connectivity index (χ1n) is 13.7. The number of hydrogen-bond acceptors (Lipinski definition) is 7. The third-order valence-electron chi connectivity index (χ3n) is 7.91. The Morgan fingerprint density at radius 3 is 2.33 bits per heavy atom. The highest BCUT2D eigenvalue weighted by molar-refractivity contribution is 7.92. The summed E-state index contributed by atoms with van der Waals surface area (Å²) in [5, 5.41) is 4.75. The molecule has 3 fully saturated rings. The SMILES string of the molecule is CC(C)CC(NC(=O)c1ccc(N2CCCC2)cc1)C(=O)N1C2C(=O)CNC2CC1S(=O)(=O)c1ccccc1. The lowest BCUT2D eigenvalue weighted by molar-refractivity contribution is -0.139. The van der Waals surface area contributed by atoms with Crippen molar-refractivity contribution < 1.29 is 22.8 Å². The van der Waals surface area contributed by atoms with Gasteiger partial charge in [0.15, 0.2) is 15.6 Å². The fraction of sp³-hybridized carbons (Fsp3) is 0.483. The molecule has 0 bridgehead atoms. The maximum atomic E-state index is 14.1. The molecule has 5 rings (SSSR count). The molecule has 2 aromatic rings. The molecule has 3 aliphatic rings. The van der Waals surface area contributed by atoms with Crippen LogP contribution in [0.25, 0.3) is 0 Å². The quantitative estimate of drug-likeness (QED) is 0.517. The van der Waals surface area contributed by atoms with Crippen molar-refractivity contribution in [2.75, 3.05) is 24.5 Å². The standard InChI is InChI=1S/C29H36N4O5S/c1-19(2)16-24(31-28(35)20-10-12-21(13-11-20)32-14-6-7-15-32)29(36)33-26(17-23-27(33)25(34)18-30-23)39(37,38)22-8-4-3-5-9-22/h3-5,8-13,19,23-24,26-27,30H,6-7,14-18H2,1-2H3,(H,31,35). The Bertz CT molecular complexity index is 1320. The summed E-state index contributed by atoms with van der Waals surface area (Å²) in [6, 6.07) is 13.0. The van der Waals surface area contributed by atoms with Crippen LogP contribution >= 0.6 is 0 Å². The number of carbonyl (C=O) groups excluding carboxylic acids is 3. The highest BCUT2D eigenvalue weighted by Crippen LogP contribution is 2.35. The van der Waals surface area contributed by atoms with Crippen LogP contribution in [-0.2, 0) is 19.4 Å². The molecule has 2 aromatic carbocycles. The average Bonchev–Trinajstić information content (AvgIpc) is 3.67. The van der Waals surface area contributed by atoms with Crippen LogP contribution in [0.4, 0.5) is 5.69 Å². The van der Waals surface area contributed by atoms with Gasteiger partial charge in [-0.15, -0.1) is 0 Å². The molecule has 9 nitrogen and oxygen atoms in total. The van der Waals surface area contributed by atoms with E-state index in [1.54, 1.807) is 30.3 Å². The zero-order valence-corrected chi connectivity index (χ0v) is 23.2. The van der Waals surface area contributed by atoms with Gasteiger partial charge in [-0.1, -0.05) is 32.0 Å². The van der Waals surface area contributed by atoms with E-state index in [0.717, 1.165) is 31.6 Å². The summed E-state index contributed by atoms with van der Waals surface area (Å²) in [7, 11) is -3.96. The number of rotatable bonds is 8. The number of amides is 2. The second-order valence-corrected chi connectivity index (χ2v) is 13.2. The van der Waals surface area contributed by atoms with Crippen LogP contribution in [0, 0.1) is 5.92 Å². The van der Waals surface area contributed by atoms with E-state index in [-0.39, 0.29) is 29.6 Å². The van der Waals surface area contributed by atoms with Gasteiger partial charge in [-0.3, -0.25) is 14.4 Å². The lowest BCUT2D eigenvalue weighted by Crippen LogP contribution is -2.56. The maximum absolute atomic E-state index is 14.1. The molecule has 39 heavy (non-hydrogen) atoms. The monoisotopic (exact) mass is 552 g/mol. The van der Waals surface area contributed by atoms with Gasteiger partial charge in [-0.05, 0) is 61.6 Å². The minimum atomic E-state index is -3.96. The minimum Gasteiger partial charge on any atom is -0.372 e. The van der Waals surface area contributed by atoms with Gasteiger partial charge in [-0.25, -0.2) is 8.42 Å². The van der Waals surface area contributed by atoms with Crippen molar-refractivity contribution in [2.24, 2.45) is 5.92 Å². The number of nitrogens with one attached hydrogen (secondary N) is 2. The first kappa shape index (κ1) is 27.3. The number of hydrogen-bond donors (Lipinski definition) is 2. The normalized spacial score (nSPS) is 23.8. The first-order valence-corrected chi connectivity index (χ1v) is 15.2. The van der Waals surface area contributed by atoms with E-state index < -0.39 is 45.2 Å². The Kier molecular flexibility index (Phi) is 7.77. The van der Waals surface area contributed by atoms with E-state index in [1.807, 2.05) is 26.0 Å². The number of Topliss-reactive ketones (excluding diaryl/α,β-unsaturated/α-hetero) is 1. The number of sulfone groups is 1. The third kappa shape index (κ3) is 5.45. The molecule has 0 spiro atoms. The Morgan fingerprint density at radius 1 is 1.03 bits per heavy atom. The van der Waals surface area contributed by atoms with Crippen LogP contribution in [0.5, 0.6) is 0 Å². The molecule has 0 aliphatic carbocycles. The zero-order valence-electron chi connectivity index (χ0n) is 22.4. The van der Waals surface area contributed by atoms with E-state index in [1.165, 1.54) is 17.0 Å². The Morgan fingerprint density at radius 2 is 1.69 bits per heavy atom. The fourth-order valence-electron chi connectivity index (χ4n) is 5.98. The second kappa shape index (κ2) is 11.1. The molecule has 208 valence electrons. The highest BCUT2D eigenvalue weighted by atomic mass is 32.2. The zero-order chi connectivity index (χ0) is 27.7. The molecule has 4 atom stereocenters. The van der Waals surface area contributed by atoms with Gasteiger partial charge in [0.1, 0.15) is 17.5 Å². The molecule has 0 radical (unpaired) electrons. The largest absolute Gasteiger partial charge is 0.372 e. The van der Waals surface area contributed by atoms with Crippen LogP contribution in [0.3, 0.4) is 0 Å². The van der Waals surface area contributed by atoms with Crippen molar-refractivity contribution >= 4 is 33.1 Å². The summed E-state index contributed by atoms with van der Waals surface area (Å²) in [6.45, 7) is 5.95. The molecular formula is C29H36N4O5S. The van der Waals surface area contributed by atoms with Gasteiger partial charge in [0, 0.05) is 36.8 Å². The number of nitrogens with zero attached hydrogens (tertiary/aromatic N) is 2. The molecule has 2 N–H and O–H groups in total. The Labute approximate surface area is 229 Å². The molecule has 3 aliphatic heterocycles. The fourth-order valence-corrected chi connectivity index (χ4v) is 7.82. The topological polar surface area (TPSA) is 116 Å². The summed E-state index contributed by atoms with van der Waals surface area (Å²) in [4.78, 5) is 43.9. The molecule has 3 saturated heterocycles. The molecule has 4 unspecified atom stereocenters. The second-order valence-electron chi connectivity index (χ2n) is 11.1. The Balaban J connectivity index is 1.41. The molecule has 0 aromatic heterocycles. The summed E-state index contributed by atoms with van der Waals surface area (Å²) in [5.74, 6) is -1.13. The van der Waals surface area contributed by atoms with Crippen molar-refractivity contribution in [3.63, 3.8) is 0 Å².